The van der Waals surface area contributed by atoms with E-state index < -0.39 is 65.5 Å². The summed E-state index contributed by atoms with van der Waals surface area (Å²) >= 11 is 5.61. The second-order valence-electron chi connectivity index (χ2n) is 6.85. The highest BCUT2D eigenvalue weighted by atomic mass is 35.5. The van der Waals surface area contributed by atoms with Gasteiger partial charge in [0.2, 0.25) is 5.91 Å². The molecule has 2 aliphatic heterocycles. The summed E-state index contributed by atoms with van der Waals surface area (Å²) in [7, 11) is 0. The van der Waals surface area contributed by atoms with Gasteiger partial charge in [-0.1, -0.05) is 17.7 Å². The third kappa shape index (κ3) is 4.72. The molecule has 160 valence electrons. The Labute approximate surface area is 167 Å². The third-order valence-electron chi connectivity index (χ3n) is 4.93. The minimum atomic E-state index is -4.44. The molecule has 2 aliphatic rings. The van der Waals surface area contributed by atoms with E-state index in [2.05, 4.69) is 16.0 Å². The molecule has 3 N–H and O–H groups in total. The highest BCUT2D eigenvalue weighted by Gasteiger charge is 2.44. The van der Waals surface area contributed by atoms with Crippen LogP contribution in [0.2, 0.25) is 5.02 Å². The van der Waals surface area contributed by atoms with Crippen molar-refractivity contribution in [3.63, 3.8) is 0 Å². The molecule has 0 bridgehead atoms. The van der Waals surface area contributed by atoms with Crippen molar-refractivity contribution in [2.45, 2.75) is 37.2 Å². The van der Waals surface area contributed by atoms with Gasteiger partial charge in [0.1, 0.15) is 22.7 Å². The topological polar surface area (TPSA) is 79.5 Å². The van der Waals surface area contributed by atoms with Crippen LogP contribution in [0, 0.1) is 17.6 Å². The standard InChI is InChI=1S/C17H17ClF5N3O3/c18-12-9(19)3-2-8(13(12)20)14(26-15(27)10-5-24-16(28)25-10)11-4-1-7(6-29-11)17(21,22)23/h2-3,7,10-11,14H,1,4-6H2,(H,26,27)(H2,24,25,28). The van der Waals surface area contributed by atoms with Gasteiger partial charge >= 0.3 is 12.2 Å². The lowest BCUT2D eigenvalue weighted by molar-refractivity contribution is -0.210. The number of amides is 3. The molecule has 3 amide bonds. The van der Waals surface area contributed by atoms with Crippen molar-refractivity contribution in [1.82, 2.24) is 16.0 Å². The Morgan fingerprint density at radius 2 is 2.00 bits per heavy atom. The summed E-state index contributed by atoms with van der Waals surface area (Å²) in [5.41, 5.74) is -0.225. The summed E-state index contributed by atoms with van der Waals surface area (Å²) in [5, 5.41) is 6.41. The number of benzene rings is 1. The Hall–Kier alpha value is -2.14. The first kappa shape index (κ1) is 21.6. The molecule has 0 spiro atoms. The molecule has 0 aromatic heterocycles. The summed E-state index contributed by atoms with van der Waals surface area (Å²) in [6, 6.07) is -0.825. The van der Waals surface area contributed by atoms with E-state index in [1.165, 1.54) is 0 Å². The van der Waals surface area contributed by atoms with E-state index >= 15 is 0 Å². The second-order valence-corrected chi connectivity index (χ2v) is 7.22. The van der Waals surface area contributed by atoms with Crippen molar-refractivity contribution in [3.8, 4) is 0 Å². The molecule has 3 rings (SSSR count). The minimum Gasteiger partial charge on any atom is -0.375 e. The predicted molar refractivity (Wildman–Crippen MR) is 91.1 cm³/mol. The lowest BCUT2D eigenvalue weighted by Gasteiger charge is -2.35. The van der Waals surface area contributed by atoms with E-state index in [0.29, 0.717) is 0 Å². The number of urea groups is 1. The third-order valence-corrected chi connectivity index (χ3v) is 5.28. The van der Waals surface area contributed by atoms with Gasteiger partial charge in [-0.15, -0.1) is 0 Å². The molecule has 0 radical (unpaired) electrons. The van der Waals surface area contributed by atoms with Gasteiger partial charge in [-0.3, -0.25) is 4.79 Å². The minimum absolute atomic E-state index is 0.0221. The number of rotatable bonds is 4. The number of halogens is 6. The van der Waals surface area contributed by atoms with Gasteiger partial charge in [0.25, 0.3) is 0 Å². The Morgan fingerprint density at radius 1 is 1.28 bits per heavy atom. The summed E-state index contributed by atoms with van der Waals surface area (Å²) in [4.78, 5) is 23.7. The SMILES string of the molecule is O=C1NCC(C(=O)NC(c2ccc(F)c(Cl)c2F)C2CCC(C(F)(F)F)CO2)N1. The molecular formula is C17H17ClF5N3O3. The maximum atomic E-state index is 14.6. The second kappa shape index (κ2) is 8.31. The Morgan fingerprint density at radius 3 is 2.55 bits per heavy atom. The van der Waals surface area contributed by atoms with Gasteiger partial charge in [0.15, 0.2) is 0 Å². The van der Waals surface area contributed by atoms with Crippen LogP contribution in [0.5, 0.6) is 0 Å². The molecule has 2 fully saturated rings. The van der Waals surface area contributed by atoms with Gasteiger partial charge in [-0.05, 0) is 18.9 Å². The maximum Gasteiger partial charge on any atom is 0.394 e. The molecule has 0 saturated carbocycles. The van der Waals surface area contributed by atoms with E-state index in [1.54, 1.807) is 0 Å². The van der Waals surface area contributed by atoms with Crippen molar-refractivity contribution in [2.24, 2.45) is 5.92 Å². The number of carbonyl (C=O) groups is 2. The van der Waals surface area contributed by atoms with Crippen LogP contribution < -0.4 is 16.0 Å². The number of hydrogen-bond donors (Lipinski definition) is 3. The van der Waals surface area contributed by atoms with Crippen LogP contribution in [-0.4, -0.2) is 43.4 Å². The Kier molecular flexibility index (Phi) is 6.18. The highest BCUT2D eigenvalue weighted by molar-refractivity contribution is 6.31. The zero-order valence-corrected chi connectivity index (χ0v) is 15.5. The fourth-order valence-corrected chi connectivity index (χ4v) is 3.48. The predicted octanol–water partition coefficient (Wildman–Crippen LogP) is 2.81. The van der Waals surface area contributed by atoms with Crippen molar-refractivity contribution in [3.05, 3.63) is 34.4 Å². The summed E-state index contributed by atoms with van der Waals surface area (Å²) in [5.74, 6) is -4.54. The fraction of sp³-hybridized carbons (Fsp3) is 0.529. The van der Waals surface area contributed by atoms with Crippen LogP contribution in [0.15, 0.2) is 12.1 Å². The number of hydrogen-bond acceptors (Lipinski definition) is 3. The number of carbonyl (C=O) groups excluding carboxylic acids is 2. The largest absolute Gasteiger partial charge is 0.394 e. The molecule has 29 heavy (non-hydrogen) atoms. The first-order valence-electron chi connectivity index (χ1n) is 8.74. The monoisotopic (exact) mass is 441 g/mol. The molecule has 1 aromatic carbocycles. The average molecular weight is 442 g/mol. The molecule has 2 saturated heterocycles. The molecule has 0 aliphatic carbocycles. The highest BCUT2D eigenvalue weighted by Crippen LogP contribution is 2.38. The lowest BCUT2D eigenvalue weighted by atomic mass is 9.90. The zero-order chi connectivity index (χ0) is 21.3. The van der Waals surface area contributed by atoms with Crippen LogP contribution in [0.4, 0.5) is 26.7 Å². The van der Waals surface area contributed by atoms with E-state index in [4.69, 9.17) is 16.3 Å². The smallest absolute Gasteiger partial charge is 0.375 e. The molecule has 4 unspecified atom stereocenters. The normalized spacial score (nSPS) is 25.9. The average Bonchev–Trinajstić information content (AvgIpc) is 3.11. The van der Waals surface area contributed by atoms with Gasteiger partial charge in [-0.2, -0.15) is 13.2 Å². The van der Waals surface area contributed by atoms with Crippen molar-refractivity contribution in [2.75, 3.05) is 13.2 Å². The van der Waals surface area contributed by atoms with Gasteiger partial charge in [0.05, 0.1) is 24.7 Å². The van der Waals surface area contributed by atoms with Gasteiger partial charge < -0.3 is 20.7 Å². The fourth-order valence-electron chi connectivity index (χ4n) is 3.31. The van der Waals surface area contributed by atoms with Crippen LogP contribution in [0.25, 0.3) is 0 Å². The van der Waals surface area contributed by atoms with Crippen LogP contribution in [-0.2, 0) is 9.53 Å². The van der Waals surface area contributed by atoms with Gasteiger partial charge in [-0.25, -0.2) is 13.6 Å². The zero-order valence-electron chi connectivity index (χ0n) is 14.8. The van der Waals surface area contributed by atoms with Gasteiger partial charge in [0, 0.05) is 12.1 Å². The summed E-state index contributed by atoms with van der Waals surface area (Å²) < 4.78 is 72.1. The van der Waals surface area contributed by atoms with Crippen molar-refractivity contribution < 1.29 is 36.3 Å². The van der Waals surface area contributed by atoms with E-state index in [1.807, 2.05) is 0 Å². The van der Waals surface area contributed by atoms with Crippen LogP contribution in [0.1, 0.15) is 24.4 Å². The molecule has 1 aromatic rings. The summed E-state index contributed by atoms with van der Waals surface area (Å²) in [6.07, 6.45) is -5.84. The molecule has 4 atom stereocenters. The maximum absolute atomic E-state index is 14.6. The molecule has 6 nitrogen and oxygen atoms in total. The van der Waals surface area contributed by atoms with Crippen LogP contribution in [0.3, 0.4) is 0 Å². The molecule has 2 heterocycles. The molecule has 12 heteroatoms. The Bertz CT molecular complexity index is 799. The van der Waals surface area contributed by atoms with E-state index in [9.17, 15) is 31.5 Å². The van der Waals surface area contributed by atoms with Crippen LogP contribution >= 0.6 is 11.6 Å². The first-order valence-corrected chi connectivity index (χ1v) is 9.12. The first-order chi connectivity index (χ1) is 13.6. The van der Waals surface area contributed by atoms with Crippen molar-refractivity contribution >= 4 is 23.5 Å². The van der Waals surface area contributed by atoms with Crippen molar-refractivity contribution in [1.29, 1.82) is 0 Å². The summed E-state index contributed by atoms with van der Waals surface area (Å²) in [6.45, 7) is -0.676. The quantitative estimate of drug-likeness (QED) is 0.496. The lowest BCUT2D eigenvalue weighted by Crippen LogP contribution is -2.49. The van der Waals surface area contributed by atoms with E-state index in [-0.39, 0.29) is 24.9 Å². The Balaban J connectivity index is 1.83. The molecular weight excluding hydrogens is 425 g/mol. The number of ether oxygens (including phenoxy) is 1. The number of nitrogens with one attached hydrogen (secondary N) is 3. The number of alkyl halides is 3. The van der Waals surface area contributed by atoms with E-state index in [0.717, 1.165) is 12.1 Å².